The molecule has 0 aliphatic rings. The molecule has 1 N–H and O–H groups in total. The number of hydrogen-bond donors (Lipinski definition) is 1. The molecule has 0 atom stereocenters. The molecule has 0 bridgehead atoms. The number of unbranched alkanes of at least 4 members (excludes halogenated alkanes) is 1. The molecule has 12 heteroatoms. The predicted octanol–water partition coefficient (Wildman–Crippen LogP) is 3.74. The van der Waals surface area contributed by atoms with Gasteiger partial charge in [0.2, 0.25) is 11.2 Å². The number of H-pyrrole nitrogens is 1. The maximum absolute atomic E-state index is 14.1. The summed E-state index contributed by atoms with van der Waals surface area (Å²) in [6.45, 7) is 2.59. The molecule has 174 valence electrons. The van der Waals surface area contributed by atoms with Crippen molar-refractivity contribution in [1.82, 2.24) is 29.2 Å². The van der Waals surface area contributed by atoms with Crippen LogP contribution in [0, 0.1) is 5.82 Å². The van der Waals surface area contributed by atoms with Gasteiger partial charge in [0.15, 0.2) is 17.0 Å². The number of imidazole rings is 1. The van der Waals surface area contributed by atoms with Crippen LogP contribution in [-0.2, 0) is 25.9 Å². The molecule has 1 aromatic carbocycles. The lowest BCUT2D eigenvalue weighted by atomic mass is 10.1. The Hall–Kier alpha value is -2.98. The van der Waals surface area contributed by atoms with E-state index in [0.29, 0.717) is 36.7 Å². The number of benzene rings is 1. The smallest absolute Gasteiger partial charge is 0.332 e. The largest absolute Gasteiger partial charge is 0.339 e. The summed E-state index contributed by atoms with van der Waals surface area (Å²) in [5.74, 6) is 0.134. The molecule has 4 aromatic rings. The summed E-state index contributed by atoms with van der Waals surface area (Å²) in [6.07, 6.45) is 2.52. The van der Waals surface area contributed by atoms with Gasteiger partial charge in [-0.3, -0.25) is 13.9 Å². The molecule has 4 rings (SSSR count). The maximum atomic E-state index is 14.1. The number of hydrogen-bond acceptors (Lipinski definition) is 6. The predicted molar refractivity (Wildman–Crippen MR) is 121 cm³/mol. The fourth-order valence-electron chi connectivity index (χ4n) is 3.56. The second-order valence-corrected chi connectivity index (χ2v) is 8.33. The average Bonchev–Trinajstić information content (AvgIpc) is 3.40. The third kappa shape index (κ3) is 4.86. The number of aryl methyl sites for hydroxylation is 2. The van der Waals surface area contributed by atoms with Crippen molar-refractivity contribution in [3.8, 4) is 0 Å². The van der Waals surface area contributed by atoms with Crippen LogP contribution in [-0.4, -0.2) is 29.2 Å². The van der Waals surface area contributed by atoms with Gasteiger partial charge in [0, 0.05) is 25.9 Å². The maximum Gasteiger partial charge on any atom is 0.332 e. The first-order valence-electron chi connectivity index (χ1n) is 10.5. The van der Waals surface area contributed by atoms with Gasteiger partial charge in [-0.15, -0.1) is 0 Å². The first-order chi connectivity index (χ1) is 15.9. The van der Waals surface area contributed by atoms with Crippen molar-refractivity contribution in [2.75, 3.05) is 0 Å². The Morgan fingerprint density at radius 1 is 1.12 bits per heavy atom. The van der Waals surface area contributed by atoms with E-state index < -0.39 is 17.1 Å². The highest BCUT2D eigenvalue weighted by Crippen LogP contribution is 2.20. The third-order valence-electron chi connectivity index (χ3n) is 5.23. The molecule has 0 fully saturated rings. The fraction of sp³-hybridized carbons (Fsp3) is 0.381. The molecule has 0 amide bonds. The summed E-state index contributed by atoms with van der Waals surface area (Å²) in [6, 6.07) is 4.72. The van der Waals surface area contributed by atoms with E-state index >= 15 is 0 Å². The Morgan fingerprint density at radius 3 is 2.70 bits per heavy atom. The minimum Gasteiger partial charge on any atom is -0.339 e. The number of nitrogens with zero attached hydrogens (tertiary/aromatic N) is 5. The van der Waals surface area contributed by atoms with Gasteiger partial charge in [-0.1, -0.05) is 42.2 Å². The molecule has 3 aromatic heterocycles. The number of aromatic nitrogens is 6. The van der Waals surface area contributed by atoms with Gasteiger partial charge in [-0.05, 0) is 36.1 Å². The average molecular weight is 495 g/mol. The SMILES string of the molecule is CCCCn1c(=O)n(CCCc2nc(Cc3cccc(Cl)c3F)no2)c(=O)c2[nH]c(Cl)nc21. The summed E-state index contributed by atoms with van der Waals surface area (Å²) in [4.78, 5) is 36.9. The highest BCUT2D eigenvalue weighted by molar-refractivity contribution is 6.30. The van der Waals surface area contributed by atoms with Crippen LogP contribution in [0.15, 0.2) is 32.3 Å². The highest BCUT2D eigenvalue weighted by atomic mass is 35.5. The van der Waals surface area contributed by atoms with Gasteiger partial charge in [0.25, 0.3) is 5.56 Å². The summed E-state index contributed by atoms with van der Waals surface area (Å²) in [5, 5.41) is 3.96. The molecule has 3 heterocycles. The summed E-state index contributed by atoms with van der Waals surface area (Å²) in [7, 11) is 0. The van der Waals surface area contributed by atoms with Crippen molar-refractivity contribution in [3.63, 3.8) is 0 Å². The standard InChI is InChI=1S/C21H21Cl2FN6O3/c1-2-3-9-29-18-17(26-20(23)27-18)19(31)30(21(29)32)10-5-8-15-25-14(28-33-15)11-12-6-4-7-13(22)16(12)24/h4,6-7H,2-3,5,8-11H2,1H3,(H,26,27). The Kier molecular flexibility index (Phi) is 6.94. The Labute approximate surface area is 197 Å². The third-order valence-corrected chi connectivity index (χ3v) is 5.70. The lowest BCUT2D eigenvalue weighted by molar-refractivity contribution is 0.367. The molecular weight excluding hydrogens is 474 g/mol. The van der Waals surface area contributed by atoms with Crippen molar-refractivity contribution in [2.45, 2.75) is 52.1 Å². The molecule has 9 nitrogen and oxygen atoms in total. The minimum absolute atomic E-state index is 0.0294. The number of nitrogens with one attached hydrogen (secondary N) is 1. The Morgan fingerprint density at radius 2 is 1.91 bits per heavy atom. The van der Waals surface area contributed by atoms with E-state index in [1.165, 1.54) is 10.6 Å². The molecule has 0 saturated heterocycles. The van der Waals surface area contributed by atoms with Crippen molar-refractivity contribution in [1.29, 1.82) is 0 Å². The van der Waals surface area contributed by atoms with Crippen LogP contribution in [0.5, 0.6) is 0 Å². The van der Waals surface area contributed by atoms with Gasteiger partial charge in [0.1, 0.15) is 5.82 Å². The van der Waals surface area contributed by atoms with Crippen LogP contribution in [0.3, 0.4) is 0 Å². The van der Waals surface area contributed by atoms with E-state index in [2.05, 4.69) is 20.1 Å². The van der Waals surface area contributed by atoms with Crippen LogP contribution in [0.1, 0.15) is 43.5 Å². The quantitative estimate of drug-likeness (QED) is 0.354. The van der Waals surface area contributed by atoms with E-state index in [1.807, 2.05) is 6.92 Å². The molecule has 33 heavy (non-hydrogen) atoms. The monoisotopic (exact) mass is 494 g/mol. The van der Waals surface area contributed by atoms with Crippen LogP contribution < -0.4 is 11.2 Å². The number of aromatic amines is 1. The van der Waals surface area contributed by atoms with Gasteiger partial charge in [-0.25, -0.2) is 9.18 Å². The normalized spacial score (nSPS) is 11.5. The topological polar surface area (TPSA) is 112 Å². The molecule has 0 saturated carbocycles. The van der Waals surface area contributed by atoms with Crippen LogP contribution >= 0.6 is 23.2 Å². The first-order valence-corrected chi connectivity index (χ1v) is 11.3. The van der Waals surface area contributed by atoms with E-state index in [-0.39, 0.29) is 34.4 Å². The number of fused-ring (bicyclic) bond motifs is 1. The van der Waals surface area contributed by atoms with Crippen LogP contribution in [0.4, 0.5) is 4.39 Å². The Bertz CT molecular complexity index is 1410. The van der Waals surface area contributed by atoms with Crippen LogP contribution in [0.2, 0.25) is 10.3 Å². The van der Waals surface area contributed by atoms with Crippen LogP contribution in [0.25, 0.3) is 11.2 Å². The lowest BCUT2D eigenvalue weighted by Gasteiger charge is -2.10. The molecule has 0 aliphatic heterocycles. The van der Waals surface area contributed by atoms with Gasteiger partial charge >= 0.3 is 5.69 Å². The van der Waals surface area contributed by atoms with Crippen molar-refractivity contribution in [2.24, 2.45) is 0 Å². The van der Waals surface area contributed by atoms with Crippen molar-refractivity contribution in [3.05, 3.63) is 72.4 Å². The molecule has 0 unspecified atom stereocenters. The zero-order valence-corrected chi connectivity index (χ0v) is 19.3. The zero-order chi connectivity index (χ0) is 23.5. The second-order valence-electron chi connectivity index (χ2n) is 7.57. The summed E-state index contributed by atoms with van der Waals surface area (Å²) < 4.78 is 21.9. The molecule has 0 spiro atoms. The highest BCUT2D eigenvalue weighted by Gasteiger charge is 2.17. The van der Waals surface area contributed by atoms with E-state index in [4.69, 9.17) is 27.7 Å². The van der Waals surface area contributed by atoms with Crippen molar-refractivity contribution >= 4 is 34.4 Å². The van der Waals surface area contributed by atoms with E-state index in [9.17, 15) is 14.0 Å². The van der Waals surface area contributed by atoms with E-state index in [0.717, 1.165) is 17.4 Å². The second kappa shape index (κ2) is 9.88. The molecule has 0 aliphatic carbocycles. The number of halogens is 3. The molecular formula is C21H21Cl2FN6O3. The number of rotatable bonds is 9. The molecule has 0 radical (unpaired) electrons. The van der Waals surface area contributed by atoms with Gasteiger partial charge in [-0.2, -0.15) is 9.97 Å². The zero-order valence-electron chi connectivity index (χ0n) is 17.8. The minimum atomic E-state index is -0.515. The lowest BCUT2D eigenvalue weighted by Crippen LogP contribution is -2.40. The van der Waals surface area contributed by atoms with E-state index in [1.54, 1.807) is 12.1 Å². The summed E-state index contributed by atoms with van der Waals surface area (Å²) >= 11 is 11.7. The Balaban J connectivity index is 1.49. The van der Waals surface area contributed by atoms with Gasteiger partial charge < -0.3 is 9.51 Å². The van der Waals surface area contributed by atoms with Crippen molar-refractivity contribution < 1.29 is 8.91 Å². The summed E-state index contributed by atoms with van der Waals surface area (Å²) in [5.41, 5.74) is -0.106. The van der Waals surface area contributed by atoms with Gasteiger partial charge in [0.05, 0.1) is 5.02 Å². The first kappa shape index (κ1) is 23.2. The fourth-order valence-corrected chi connectivity index (χ4v) is 3.93.